The highest BCUT2D eigenvalue weighted by Gasteiger charge is 2.10. The minimum absolute atomic E-state index is 0.135. The molecule has 98 valence electrons. The summed E-state index contributed by atoms with van der Waals surface area (Å²) in [6.45, 7) is 0. The number of rotatable bonds is 3. The van der Waals surface area contributed by atoms with Crippen LogP contribution < -0.4 is 10.1 Å². The molecule has 0 saturated carbocycles. The van der Waals surface area contributed by atoms with Gasteiger partial charge in [-0.3, -0.25) is 4.79 Å². The fraction of sp³-hybridized carbons (Fsp3) is 0.0714. The molecule has 0 aliphatic heterocycles. The Morgan fingerprint density at radius 3 is 2.74 bits per heavy atom. The van der Waals surface area contributed by atoms with Crippen LogP contribution in [0.5, 0.6) is 5.75 Å². The average molecular weight is 324 g/mol. The van der Waals surface area contributed by atoms with Gasteiger partial charge in [-0.2, -0.15) is 0 Å². The van der Waals surface area contributed by atoms with Gasteiger partial charge < -0.3 is 10.1 Å². The van der Waals surface area contributed by atoms with E-state index in [0.717, 1.165) is 0 Å². The molecule has 1 N–H and O–H groups in total. The van der Waals surface area contributed by atoms with Crippen molar-refractivity contribution in [3.63, 3.8) is 0 Å². The first kappa shape index (κ1) is 13.5. The van der Waals surface area contributed by atoms with Crippen LogP contribution in [0.2, 0.25) is 0 Å². The lowest BCUT2D eigenvalue weighted by Gasteiger charge is -2.07. The summed E-state index contributed by atoms with van der Waals surface area (Å²) >= 11 is 3.16. The molecule has 0 heterocycles. The van der Waals surface area contributed by atoms with Gasteiger partial charge in [-0.05, 0) is 36.4 Å². The largest absolute Gasteiger partial charge is 0.497 e. The highest BCUT2D eigenvalue weighted by Crippen LogP contribution is 2.20. The molecule has 2 aromatic carbocycles. The molecular weight excluding hydrogens is 313 g/mol. The Bertz CT molecular complexity index is 616. The van der Waals surface area contributed by atoms with Crippen molar-refractivity contribution in [1.82, 2.24) is 0 Å². The second-order valence-electron chi connectivity index (χ2n) is 3.81. The Morgan fingerprint density at radius 2 is 2.05 bits per heavy atom. The van der Waals surface area contributed by atoms with Crippen LogP contribution in [-0.4, -0.2) is 13.0 Å². The molecule has 2 aromatic rings. The lowest BCUT2D eigenvalue weighted by molar-refractivity contribution is 0.102. The Balaban J connectivity index is 2.20. The van der Waals surface area contributed by atoms with E-state index in [0.29, 0.717) is 15.8 Å². The van der Waals surface area contributed by atoms with Gasteiger partial charge in [0.2, 0.25) is 0 Å². The number of ether oxygens (including phenoxy) is 1. The van der Waals surface area contributed by atoms with Crippen molar-refractivity contribution in [2.75, 3.05) is 12.4 Å². The van der Waals surface area contributed by atoms with E-state index in [2.05, 4.69) is 21.2 Å². The molecule has 0 radical (unpaired) electrons. The maximum Gasteiger partial charge on any atom is 0.255 e. The summed E-state index contributed by atoms with van der Waals surface area (Å²) in [6, 6.07) is 11.1. The van der Waals surface area contributed by atoms with E-state index in [4.69, 9.17) is 4.74 Å². The summed E-state index contributed by atoms with van der Waals surface area (Å²) in [5.41, 5.74) is 0.540. The Labute approximate surface area is 118 Å². The van der Waals surface area contributed by atoms with Gasteiger partial charge >= 0.3 is 0 Å². The zero-order valence-corrected chi connectivity index (χ0v) is 11.7. The van der Waals surface area contributed by atoms with Gasteiger partial charge in [-0.15, -0.1) is 0 Å². The number of halogens is 2. The van der Waals surface area contributed by atoms with Crippen LogP contribution in [0.1, 0.15) is 10.4 Å². The lowest BCUT2D eigenvalue weighted by atomic mass is 10.2. The maximum atomic E-state index is 13.6. The topological polar surface area (TPSA) is 38.3 Å². The SMILES string of the molecule is COc1cccc(C(=O)Nc2ccc(Br)cc2F)c1. The minimum atomic E-state index is -0.495. The molecular formula is C14H11BrFNO2. The molecule has 0 fully saturated rings. The maximum absolute atomic E-state index is 13.6. The number of hydrogen-bond donors (Lipinski definition) is 1. The van der Waals surface area contributed by atoms with Crippen molar-refractivity contribution < 1.29 is 13.9 Å². The molecule has 0 aliphatic carbocycles. The lowest BCUT2D eigenvalue weighted by Crippen LogP contribution is -2.13. The van der Waals surface area contributed by atoms with Gasteiger partial charge in [-0.1, -0.05) is 22.0 Å². The van der Waals surface area contributed by atoms with E-state index in [9.17, 15) is 9.18 Å². The number of carbonyl (C=O) groups is 1. The van der Waals surface area contributed by atoms with Crippen molar-refractivity contribution in [2.45, 2.75) is 0 Å². The fourth-order valence-corrected chi connectivity index (χ4v) is 1.88. The first-order valence-corrected chi connectivity index (χ1v) is 6.30. The molecule has 5 heteroatoms. The normalized spacial score (nSPS) is 10.1. The van der Waals surface area contributed by atoms with Crippen LogP contribution in [0.15, 0.2) is 46.9 Å². The molecule has 0 bridgehead atoms. The Hall–Kier alpha value is -1.88. The van der Waals surface area contributed by atoms with Gasteiger partial charge in [0, 0.05) is 10.0 Å². The second-order valence-corrected chi connectivity index (χ2v) is 4.73. The third kappa shape index (κ3) is 3.32. The van der Waals surface area contributed by atoms with Crippen molar-refractivity contribution in [3.05, 3.63) is 58.3 Å². The second kappa shape index (κ2) is 5.84. The summed E-state index contributed by atoms with van der Waals surface area (Å²) < 4.78 is 19.3. The molecule has 0 atom stereocenters. The highest BCUT2D eigenvalue weighted by atomic mass is 79.9. The highest BCUT2D eigenvalue weighted by molar-refractivity contribution is 9.10. The van der Waals surface area contributed by atoms with Gasteiger partial charge in [0.05, 0.1) is 12.8 Å². The van der Waals surface area contributed by atoms with E-state index in [1.54, 1.807) is 30.3 Å². The molecule has 1 amide bonds. The quantitative estimate of drug-likeness (QED) is 0.931. The Kier molecular flexibility index (Phi) is 4.16. The first-order chi connectivity index (χ1) is 9.10. The van der Waals surface area contributed by atoms with E-state index < -0.39 is 5.82 Å². The summed E-state index contributed by atoms with van der Waals surface area (Å²) in [5.74, 6) is -0.310. The van der Waals surface area contributed by atoms with Crippen molar-refractivity contribution >= 4 is 27.5 Å². The molecule has 0 aromatic heterocycles. The molecule has 0 aliphatic rings. The molecule has 2 rings (SSSR count). The smallest absolute Gasteiger partial charge is 0.255 e. The average Bonchev–Trinajstić information content (AvgIpc) is 2.42. The van der Waals surface area contributed by atoms with Crippen molar-refractivity contribution in [1.29, 1.82) is 0 Å². The summed E-state index contributed by atoms with van der Waals surface area (Å²) in [6.07, 6.45) is 0. The summed E-state index contributed by atoms with van der Waals surface area (Å²) in [7, 11) is 1.52. The summed E-state index contributed by atoms with van der Waals surface area (Å²) in [4.78, 5) is 12.0. The number of nitrogens with one attached hydrogen (secondary N) is 1. The predicted molar refractivity (Wildman–Crippen MR) is 75.0 cm³/mol. The molecule has 3 nitrogen and oxygen atoms in total. The minimum Gasteiger partial charge on any atom is -0.497 e. The van der Waals surface area contributed by atoms with Gasteiger partial charge in [0.25, 0.3) is 5.91 Å². The molecule has 0 spiro atoms. The van der Waals surface area contributed by atoms with Gasteiger partial charge in [-0.25, -0.2) is 4.39 Å². The number of anilines is 1. The number of carbonyl (C=O) groups excluding carboxylic acids is 1. The van der Waals surface area contributed by atoms with Crippen molar-refractivity contribution in [2.24, 2.45) is 0 Å². The van der Waals surface area contributed by atoms with Gasteiger partial charge in [0.1, 0.15) is 11.6 Å². The standard InChI is InChI=1S/C14H11BrFNO2/c1-19-11-4-2-3-9(7-11)14(18)17-13-6-5-10(15)8-12(13)16/h2-8H,1H3,(H,17,18). The zero-order valence-electron chi connectivity index (χ0n) is 10.1. The zero-order chi connectivity index (χ0) is 13.8. The third-order valence-electron chi connectivity index (χ3n) is 2.51. The monoisotopic (exact) mass is 323 g/mol. The number of benzene rings is 2. The fourth-order valence-electron chi connectivity index (χ4n) is 1.55. The predicted octanol–water partition coefficient (Wildman–Crippen LogP) is 3.85. The van der Waals surface area contributed by atoms with Crippen LogP contribution in [0.25, 0.3) is 0 Å². The molecule has 0 unspecified atom stereocenters. The van der Waals surface area contributed by atoms with Crippen LogP contribution in [0.3, 0.4) is 0 Å². The number of amides is 1. The van der Waals surface area contributed by atoms with Gasteiger partial charge in [0.15, 0.2) is 0 Å². The van der Waals surface area contributed by atoms with E-state index in [-0.39, 0.29) is 11.6 Å². The van der Waals surface area contributed by atoms with Crippen LogP contribution in [-0.2, 0) is 0 Å². The third-order valence-corrected chi connectivity index (χ3v) is 3.00. The van der Waals surface area contributed by atoms with Crippen molar-refractivity contribution in [3.8, 4) is 5.75 Å². The first-order valence-electron chi connectivity index (χ1n) is 5.50. The summed E-state index contributed by atoms with van der Waals surface area (Å²) in [5, 5.41) is 2.51. The van der Waals surface area contributed by atoms with Crippen LogP contribution in [0.4, 0.5) is 10.1 Å². The van der Waals surface area contributed by atoms with E-state index in [1.807, 2.05) is 0 Å². The van der Waals surface area contributed by atoms with E-state index >= 15 is 0 Å². The molecule has 19 heavy (non-hydrogen) atoms. The molecule has 0 saturated heterocycles. The number of hydrogen-bond acceptors (Lipinski definition) is 2. The number of methoxy groups -OCH3 is 1. The Morgan fingerprint density at radius 1 is 1.26 bits per heavy atom. The van der Waals surface area contributed by atoms with E-state index in [1.165, 1.54) is 19.2 Å². The van der Waals surface area contributed by atoms with Crippen LogP contribution >= 0.6 is 15.9 Å². The van der Waals surface area contributed by atoms with Crippen LogP contribution in [0, 0.1) is 5.82 Å².